The first-order chi connectivity index (χ1) is 17.5. The monoisotopic (exact) mass is 536 g/mol. The van der Waals surface area contributed by atoms with Crippen LogP contribution in [-0.2, 0) is 11.3 Å². The highest BCUT2D eigenvalue weighted by molar-refractivity contribution is 9.10. The van der Waals surface area contributed by atoms with Gasteiger partial charge in [0.2, 0.25) is 0 Å². The van der Waals surface area contributed by atoms with E-state index < -0.39 is 5.97 Å². The van der Waals surface area contributed by atoms with E-state index in [1.807, 2.05) is 98.8 Å². The van der Waals surface area contributed by atoms with Gasteiger partial charge in [0.15, 0.2) is 0 Å². The normalized spacial score (nSPS) is 11.6. The number of rotatable bonds is 6. The molecule has 4 nitrogen and oxygen atoms in total. The topological polar surface area (TPSA) is 44.1 Å². The molecule has 5 aromatic rings. The van der Waals surface area contributed by atoms with Crippen LogP contribution in [0.3, 0.4) is 0 Å². The van der Waals surface area contributed by atoms with Crippen molar-refractivity contribution in [3.63, 3.8) is 0 Å². The van der Waals surface area contributed by atoms with E-state index in [-0.39, 0.29) is 0 Å². The number of hydrogen-bond acceptors (Lipinski definition) is 3. The molecule has 4 aromatic carbocycles. The van der Waals surface area contributed by atoms with Crippen molar-refractivity contribution in [1.82, 2.24) is 9.55 Å². The molecule has 0 aliphatic carbocycles. The number of benzene rings is 4. The number of aryl methyl sites for hydroxylation is 2. The van der Waals surface area contributed by atoms with E-state index in [4.69, 9.17) is 9.72 Å². The minimum Gasteiger partial charge on any atom is -0.423 e. The maximum atomic E-state index is 13.5. The van der Waals surface area contributed by atoms with E-state index in [2.05, 4.69) is 38.7 Å². The number of fused-ring (bicyclic) bond motifs is 1. The number of ether oxygens (including phenoxy) is 1. The molecule has 1 aromatic heterocycles. The van der Waals surface area contributed by atoms with Crippen LogP contribution in [0.2, 0.25) is 0 Å². The number of nitrogens with zero attached hydrogens (tertiary/aromatic N) is 2. The number of esters is 1. The summed E-state index contributed by atoms with van der Waals surface area (Å²) in [5.41, 5.74) is 6.45. The van der Waals surface area contributed by atoms with Gasteiger partial charge in [0.25, 0.3) is 0 Å². The Balaban J connectivity index is 1.61. The molecule has 0 aliphatic rings. The lowest BCUT2D eigenvalue weighted by atomic mass is 10.0. The summed E-state index contributed by atoms with van der Waals surface area (Å²) in [5.74, 6) is 0.771. The predicted octanol–water partition coefficient (Wildman–Crippen LogP) is 7.61. The molecular weight excluding hydrogens is 512 g/mol. The van der Waals surface area contributed by atoms with Crippen molar-refractivity contribution < 1.29 is 9.53 Å². The first kappa shape index (κ1) is 23.8. The van der Waals surface area contributed by atoms with Gasteiger partial charge in [0.05, 0.1) is 16.6 Å². The summed E-state index contributed by atoms with van der Waals surface area (Å²) in [6, 6.07) is 31.6. The van der Waals surface area contributed by atoms with Gasteiger partial charge in [0, 0.05) is 11.0 Å². The van der Waals surface area contributed by atoms with Crippen LogP contribution in [0, 0.1) is 13.8 Å². The summed E-state index contributed by atoms with van der Waals surface area (Å²) in [5, 5.41) is 0. The Morgan fingerprint density at radius 3 is 2.19 bits per heavy atom. The van der Waals surface area contributed by atoms with Crippen LogP contribution >= 0.6 is 15.9 Å². The van der Waals surface area contributed by atoms with Crippen LogP contribution in [0.5, 0.6) is 5.75 Å². The molecular formula is C31H25BrN2O2. The SMILES string of the molecule is Cc1ccc(OC(=O)/C(=C/c2nc3ccccc3n2Cc2ccc(Br)cc2)c2ccc(C)cc2)cc1. The van der Waals surface area contributed by atoms with Crippen molar-refractivity contribution in [3.05, 3.63) is 130 Å². The molecule has 5 rings (SSSR count). The third-order valence-corrected chi connectivity index (χ3v) is 6.55. The second-order valence-electron chi connectivity index (χ2n) is 8.80. The van der Waals surface area contributed by atoms with Gasteiger partial charge in [-0.25, -0.2) is 9.78 Å². The quantitative estimate of drug-likeness (QED) is 0.127. The third-order valence-electron chi connectivity index (χ3n) is 6.03. The zero-order chi connectivity index (χ0) is 25.1. The van der Waals surface area contributed by atoms with Gasteiger partial charge in [-0.1, -0.05) is 87.7 Å². The van der Waals surface area contributed by atoms with Gasteiger partial charge in [-0.2, -0.15) is 0 Å². The molecule has 0 fully saturated rings. The first-order valence-corrected chi connectivity index (χ1v) is 12.5. The van der Waals surface area contributed by atoms with Crippen molar-refractivity contribution in [2.75, 3.05) is 0 Å². The average molecular weight is 537 g/mol. The Bertz CT molecular complexity index is 1550. The number of hydrogen-bond donors (Lipinski definition) is 0. The standard InChI is InChI=1S/C31H25BrN2O2/c1-21-7-13-24(14-8-21)27(31(35)36-26-17-9-22(2)10-18-26)19-30-33-28-5-3-4-6-29(28)34(30)20-23-11-15-25(32)16-12-23/h3-19H,20H2,1-2H3/b27-19+. The van der Waals surface area contributed by atoms with Crippen molar-refractivity contribution >= 4 is 44.6 Å². The molecule has 0 atom stereocenters. The summed E-state index contributed by atoms with van der Waals surface area (Å²) in [6.45, 7) is 4.64. The lowest BCUT2D eigenvalue weighted by Gasteiger charge is -2.11. The van der Waals surface area contributed by atoms with E-state index in [1.54, 1.807) is 0 Å². The number of carbonyl (C=O) groups is 1. The van der Waals surface area contributed by atoms with Crippen LogP contribution in [-0.4, -0.2) is 15.5 Å². The number of para-hydroxylation sites is 2. The Morgan fingerprint density at radius 2 is 1.50 bits per heavy atom. The Morgan fingerprint density at radius 1 is 0.861 bits per heavy atom. The maximum absolute atomic E-state index is 13.5. The van der Waals surface area contributed by atoms with E-state index in [9.17, 15) is 4.79 Å². The van der Waals surface area contributed by atoms with Gasteiger partial charge < -0.3 is 9.30 Å². The second kappa shape index (κ2) is 10.3. The molecule has 0 unspecified atom stereocenters. The van der Waals surface area contributed by atoms with E-state index in [0.717, 1.165) is 37.8 Å². The fourth-order valence-corrected chi connectivity index (χ4v) is 4.30. The van der Waals surface area contributed by atoms with Gasteiger partial charge in [-0.15, -0.1) is 0 Å². The predicted molar refractivity (Wildman–Crippen MR) is 149 cm³/mol. The summed E-state index contributed by atoms with van der Waals surface area (Å²) < 4.78 is 8.95. The molecule has 0 bridgehead atoms. The Labute approximate surface area is 219 Å². The highest BCUT2D eigenvalue weighted by Crippen LogP contribution is 2.26. The molecule has 0 radical (unpaired) electrons. The molecule has 5 heteroatoms. The lowest BCUT2D eigenvalue weighted by Crippen LogP contribution is -2.11. The fraction of sp³-hybridized carbons (Fsp3) is 0.0968. The Kier molecular flexibility index (Phi) is 6.83. The van der Waals surface area contributed by atoms with Crippen molar-refractivity contribution in [2.45, 2.75) is 20.4 Å². The van der Waals surface area contributed by atoms with Gasteiger partial charge in [-0.05, 0) is 67.4 Å². The summed E-state index contributed by atoms with van der Waals surface area (Å²) >= 11 is 3.51. The van der Waals surface area contributed by atoms with Gasteiger partial charge >= 0.3 is 5.97 Å². The van der Waals surface area contributed by atoms with E-state index in [1.165, 1.54) is 0 Å². The van der Waals surface area contributed by atoms with Crippen LogP contribution in [0.4, 0.5) is 0 Å². The van der Waals surface area contributed by atoms with Gasteiger partial charge in [0.1, 0.15) is 11.6 Å². The zero-order valence-electron chi connectivity index (χ0n) is 20.1. The van der Waals surface area contributed by atoms with Crippen LogP contribution < -0.4 is 4.74 Å². The molecule has 178 valence electrons. The Hall–Kier alpha value is -3.96. The van der Waals surface area contributed by atoms with Crippen LogP contribution in [0.1, 0.15) is 28.1 Å². The lowest BCUT2D eigenvalue weighted by molar-refractivity contribution is -0.127. The smallest absolute Gasteiger partial charge is 0.344 e. The van der Waals surface area contributed by atoms with E-state index in [0.29, 0.717) is 23.7 Å². The molecule has 1 heterocycles. The minimum atomic E-state index is -0.426. The summed E-state index contributed by atoms with van der Waals surface area (Å²) in [4.78, 5) is 18.4. The number of halogens is 1. The highest BCUT2D eigenvalue weighted by atomic mass is 79.9. The largest absolute Gasteiger partial charge is 0.423 e. The zero-order valence-corrected chi connectivity index (χ0v) is 21.7. The summed E-state index contributed by atoms with van der Waals surface area (Å²) in [7, 11) is 0. The van der Waals surface area contributed by atoms with Crippen molar-refractivity contribution in [2.24, 2.45) is 0 Å². The highest BCUT2D eigenvalue weighted by Gasteiger charge is 2.18. The molecule has 0 saturated heterocycles. The van der Waals surface area contributed by atoms with Crippen molar-refractivity contribution in [3.8, 4) is 5.75 Å². The number of imidazole rings is 1. The van der Waals surface area contributed by atoms with Gasteiger partial charge in [-0.3, -0.25) is 0 Å². The molecule has 36 heavy (non-hydrogen) atoms. The fourth-order valence-electron chi connectivity index (χ4n) is 4.03. The molecule has 0 saturated carbocycles. The van der Waals surface area contributed by atoms with Crippen LogP contribution in [0.15, 0.2) is 102 Å². The minimum absolute atomic E-state index is 0.426. The average Bonchev–Trinajstić information content (AvgIpc) is 3.23. The third kappa shape index (κ3) is 5.31. The molecule has 0 aliphatic heterocycles. The number of aromatic nitrogens is 2. The van der Waals surface area contributed by atoms with E-state index >= 15 is 0 Å². The maximum Gasteiger partial charge on any atom is 0.344 e. The molecule has 0 spiro atoms. The first-order valence-electron chi connectivity index (χ1n) is 11.7. The number of carbonyl (C=O) groups excluding carboxylic acids is 1. The van der Waals surface area contributed by atoms with Crippen LogP contribution in [0.25, 0.3) is 22.7 Å². The summed E-state index contributed by atoms with van der Waals surface area (Å²) in [6.07, 6.45) is 1.83. The second-order valence-corrected chi connectivity index (χ2v) is 9.71. The van der Waals surface area contributed by atoms with Crippen molar-refractivity contribution in [1.29, 1.82) is 0 Å². The molecule has 0 amide bonds. The molecule has 0 N–H and O–H groups in total.